The predicted molar refractivity (Wildman–Crippen MR) is 105 cm³/mol. The minimum absolute atomic E-state index is 0.0955. The first-order valence-electron chi connectivity index (χ1n) is 8.42. The summed E-state index contributed by atoms with van der Waals surface area (Å²) < 4.78 is 12.3. The number of amides is 1. The van der Waals surface area contributed by atoms with Crippen LogP contribution in [0.25, 0.3) is 10.6 Å². The molecule has 0 atom stereocenters. The predicted octanol–water partition coefficient (Wildman–Crippen LogP) is 2.88. The van der Waals surface area contributed by atoms with Crippen LogP contribution in [0.1, 0.15) is 16.1 Å². The van der Waals surface area contributed by atoms with Gasteiger partial charge in [-0.3, -0.25) is 9.48 Å². The normalized spacial score (nSPS) is 10.7. The molecule has 2 aromatic heterocycles. The van der Waals surface area contributed by atoms with Crippen molar-refractivity contribution in [2.75, 3.05) is 27.8 Å². The van der Waals surface area contributed by atoms with Crippen molar-refractivity contribution in [2.45, 2.75) is 6.42 Å². The lowest BCUT2D eigenvalue weighted by Gasteiger charge is -2.16. The van der Waals surface area contributed by atoms with E-state index in [1.807, 2.05) is 31.4 Å². The van der Waals surface area contributed by atoms with E-state index in [0.29, 0.717) is 30.2 Å². The fourth-order valence-electron chi connectivity index (χ4n) is 2.67. The summed E-state index contributed by atoms with van der Waals surface area (Å²) in [5.74, 6) is 1.28. The highest BCUT2D eigenvalue weighted by molar-refractivity contribution is 7.13. The molecule has 7 nitrogen and oxygen atoms in total. The number of likely N-dealkylation sites (N-methyl/N-ethyl adjacent to an activating group) is 1. The Morgan fingerprint density at radius 1 is 1.26 bits per heavy atom. The molecule has 142 valence electrons. The maximum Gasteiger partial charge on any atom is 0.273 e. The summed E-state index contributed by atoms with van der Waals surface area (Å²) in [6, 6.07) is 5.78. The van der Waals surface area contributed by atoms with Crippen LogP contribution >= 0.6 is 11.3 Å². The third-order valence-electron chi connectivity index (χ3n) is 4.21. The van der Waals surface area contributed by atoms with Crippen LogP contribution in [-0.2, 0) is 13.5 Å². The van der Waals surface area contributed by atoms with Gasteiger partial charge in [-0.2, -0.15) is 5.10 Å². The number of aryl methyl sites for hydroxylation is 1. The lowest BCUT2D eigenvalue weighted by molar-refractivity contribution is 0.0791. The highest BCUT2D eigenvalue weighted by Gasteiger charge is 2.17. The molecular formula is C19H22N4O3S. The van der Waals surface area contributed by atoms with Crippen LogP contribution in [0.5, 0.6) is 11.5 Å². The van der Waals surface area contributed by atoms with E-state index in [1.165, 1.54) is 11.3 Å². The Morgan fingerprint density at radius 3 is 2.70 bits per heavy atom. The Hall–Kier alpha value is -2.87. The Bertz CT molecular complexity index is 935. The number of hydrogen-bond donors (Lipinski definition) is 0. The van der Waals surface area contributed by atoms with Crippen LogP contribution in [0.4, 0.5) is 0 Å². The monoisotopic (exact) mass is 386 g/mol. The first-order valence-corrected chi connectivity index (χ1v) is 9.30. The molecule has 27 heavy (non-hydrogen) atoms. The maximum atomic E-state index is 12.6. The van der Waals surface area contributed by atoms with Gasteiger partial charge in [0.05, 0.1) is 20.4 Å². The van der Waals surface area contributed by atoms with E-state index in [9.17, 15) is 4.79 Å². The second-order valence-corrected chi connectivity index (χ2v) is 6.96. The number of thiazole rings is 1. The topological polar surface area (TPSA) is 69.5 Å². The van der Waals surface area contributed by atoms with Gasteiger partial charge in [-0.25, -0.2) is 4.98 Å². The summed E-state index contributed by atoms with van der Waals surface area (Å²) in [6.07, 6.45) is 4.34. The molecule has 0 N–H and O–H groups in total. The molecule has 1 amide bonds. The standard InChI is InChI=1S/C19H22N4O3S/c1-22(8-7-13-5-6-16(25-3)17(9-13)26-4)19(24)15-12-27-18(21-15)14-10-20-23(2)11-14/h5-6,9-12H,7-8H2,1-4H3. The van der Waals surface area contributed by atoms with Crippen molar-refractivity contribution < 1.29 is 14.3 Å². The summed E-state index contributed by atoms with van der Waals surface area (Å²) in [6.45, 7) is 0.577. The van der Waals surface area contributed by atoms with Crippen LogP contribution in [0.2, 0.25) is 0 Å². The molecule has 0 saturated heterocycles. The van der Waals surface area contributed by atoms with E-state index < -0.39 is 0 Å². The average molecular weight is 386 g/mol. The molecule has 0 saturated carbocycles. The molecule has 2 heterocycles. The molecule has 0 aliphatic heterocycles. The van der Waals surface area contributed by atoms with Crippen LogP contribution in [-0.4, -0.2) is 53.4 Å². The fraction of sp³-hybridized carbons (Fsp3) is 0.316. The zero-order chi connectivity index (χ0) is 19.4. The number of carbonyl (C=O) groups excluding carboxylic acids is 1. The van der Waals surface area contributed by atoms with Crippen LogP contribution in [0, 0.1) is 0 Å². The molecule has 0 fully saturated rings. The third-order valence-corrected chi connectivity index (χ3v) is 5.10. The molecule has 0 radical (unpaired) electrons. The smallest absolute Gasteiger partial charge is 0.273 e. The highest BCUT2D eigenvalue weighted by atomic mass is 32.1. The zero-order valence-corrected chi connectivity index (χ0v) is 16.6. The number of carbonyl (C=O) groups is 1. The molecule has 3 aromatic rings. The summed E-state index contributed by atoms with van der Waals surface area (Å²) in [5, 5.41) is 6.72. The number of nitrogens with zero attached hydrogens (tertiary/aromatic N) is 4. The van der Waals surface area contributed by atoms with Crippen LogP contribution < -0.4 is 9.47 Å². The van der Waals surface area contributed by atoms with Crippen molar-refractivity contribution in [1.82, 2.24) is 19.7 Å². The van der Waals surface area contributed by atoms with Gasteiger partial charge in [-0.1, -0.05) is 6.07 Å². The van der Waals surface area contributed by atoms with Gasteiger partial charge in [0, 0.05) is 37.8 Å². The van der Waals surface area contributed by atoms with Crippen LogP contribution in [0.3, 0.4) is 0 Å². The second kappa shape index (κ2) is 8.22. The molecule has 0 aliphatic carbocycles. The minimum atomic E-state index is -0.0955. The quantitative estimate of drug-likeness (QED) is 0.624. The number of methoxy groups -OCH3 is 2. The molecular weight excluding hydrogens is 364 g/mol. The molecule has 8 heteroatoms. The maximum absolute atomic E-state index is 12.6. The van der Waals surface area contributed by atoms with Crippen molar-refractivity contribution in [3.05, 3.63) is 47.2 Å². The first-order chi connectivity index (χ1) is 13.0. The molecule has 3 rings (SSSR count). The second-order valence-electron chi connectivity index (χ2n) is 6.11. The number of ether oxygens (including phenoxy) is 2. The summed E-state index contributed by atoms with van der Waals surface area (Å²) in [7, 11) is 6.86. The largest absolute Gasteiger partial charge is 0.493 e. The molecule has 0 bridgehead atoms. The van der Waals surface area contributed by atoms with E-state index in [-0.39, 0.29) is 5.91 Å². The van der Waals surface area contributed by atoms with Crippen molar-refractivity contribution in [1.29, 1.82) is 0 Å². The van der Waals surface area contributed by atoms with E-state index in [1.54, 1.807) is 42.4 Å². The van der Waals surface area contributed by atoms with Crippen molar-refractivity contribution in [2.24, 2.45) is 7.05 Å². The molecule has 0 spiro atoms. The Balaban J connectivity index is 1.63. The Labute approximate surface area is 162 Å². The van der Waals surface area contributed by atoms with E-state index in [4.69, 9.17) is 9.47 Å². The Morgan fingerprint density at radius 2 is 2.04 bits per heavy atom. The molecule has 1 aromatic carbocycles. The lowest BCUT2D eigenvalue weighted by atomic mass is 10.1. The zero-order valence-electron chi connectivity index (χ0n) is 15.8. The summed E-state index contributed by atoms with van der Waals surface area (Å²) >= 11 is 1.44. The fourth-order valence-corrected chi connectivity index (χ4v) is 3.44. The average Bonchev–Trinajstić information content (AvgIpc) is 3.34. The van der Waals surface area contributed by atoms with Crippen molar-refractivity contribution in [3.63, 3.8) is 0 Å². The van der Waals surface area contributed by atoms with Crippen molar-refractivity contribution in [3.8, 4) is 22.1 Å². The van der Waals surface area contributed by atoms with Gasteiger partial charge in [-0.05, 0) is 24.1 Å². The van der Waals surface area contributed by atoms with Gasteiger partial charge >= 0.3 is 0 Å². The number of benzene rings is 1. The van der Waals surface area contributed by atoms with Gasteiger partial charge in [0.1, 0.15) is 10.7 Å². The van der Waals surface area contributed by atoms with Gasteiger partial charge < -0.3 is 14.4 Å². The SMILES string of the molecule is COc1ccc(CCN(C)C(=O)c2csc(-c3cnn(C)c3)n2)cc1OC. The highest BCUT2D eigenvalue weighted by Crippen LogP contribution is 2.28. The molecule has 0 aliphatic rings. The van der Waals surface area contributed by atoms with Gasteiger partial charge in [0.25, 0.3) is 5.91 Å². The van der Waals surface area contributed by atoms with Crippen LogP contribution in [0.15, 0.2) is 36.0 Å². The first kappa shape index (κ1) is 18.9. The number of hydrogen-bond acceptors (Lipinski definition) is 6. The van der Waals surface area contributed by atoms with E-state index >= 15 is 0 Å². The van der Waals surface area contributed by atoms with Gasteiger partial charge in [-0.15, -0.1) is 11.3 Å². The van der Waals surface area contributed by atoms with E-state index in [2.05, 4.69) is 10.1 Å². The number of aromatic nitrogens is 3. The number of rotatable bonds is 7. The van der Waals surface area contributed by atoms with Crippen molar-refractivity contribution >= 4 is 17.2 Å². The third kappa shape index (κ3) is 4.28. The minimum Gasteiger partial charge on any atom is -0.493 e. The van der Waals surface area contributed by atoms with Gasteiger partial charge in [0.15, 0.2) is 11.5 Å². The summed E-state index contributed by atoms with van der Waals surface area (Å²) in [5.41, 5.74) is 2.44. The Kier molecular flexibility index (Phi) is 5.75. The molecule has 0 unspecified atom stereocenters. The summed E-state index contributed by atoms with van der Waals surface area (Å²) in [4.78, 5) is 18.8. The van der Waals surface area contributed by atoms with E-state index in [0.717, 1.165) is 16.1 Å². The lowest BCUT2D eigenvalue weighted by Crippen LogP contribution is -2.29. The van der Waals surface area contributed by atoms with Gasteiger partial charge in [0.2, 0.25) is 0 Å².